The fraction of sp³-hybridized carbons (Fsp3) is 0.0952. The Morgan fingerprint density at radius 2 is 1.65 bits per heavy atom. The van der Waals surface area contributed by atoms with E-state index in [1.54, 1.807) is 12.1 Å². The summed E-state index contributed by atoms with van der Waals surface area (Å²) in [4.78, 5) is 23.2. The van der Waals surface area contributed by atoms with Crippen molar-refractivity contribution in [3.05, 3.63) is 88.0 Å². The van der Waals surface area contributed by atoms with Gasteiger partial charge >= 0.3 is 0 Å². The number of benzene rings is 3. The second-order valence-electron chi connectivity index (χ2n) is 6.59. The van der Waals surface area contributed by atoms with Crippen molar-refractivity contribution in [2.75, 3.05) is 17.1 Å². The summed E-state index contributed by atoms with van der Waals surface area (Å²) in [5.74, 6) is -0.295. The van der Waals surface area contributed by atoms with Crippen molar-refractivity contribution in [1.82, 2.24) is 0 Å². The summed E-state index contributed by atoms with van der Waals surface area (Å²) in [6, 6.07) is 16.2. The van der Waals surface area contributed by atoms with Crippen molar-refractivity contribution in [1.29, 1.82) is 0 Å². The zero-order chi connectivity index (χ0) is 22.6. The number of nitrogens with zero attached hydrogens (tertiary/aromatic N) is 1. The molecule has 0 radical (unpaired) electrons. The highest BCUT2D eigenvalue weighted by Gasteiger charge is 2.18. The summed E-state index contributed by atoms with van der Waals surface area (Å²) >= 11 is 0. The third-order valence-corrected chi connectivity index (χ3v) is 5.78. The fourth-order valence-corrected chi connectivity index (χ4v) is 3.77. The minimum atomic E-state index is -3.77. The smallest absolute Gasteiger partial charge is 0.296 e. The molecule has 0 aromatic heterocycles. The van der Waals surface area contributed by atoms with Gasteiger partial charge in [0, 0.05) is 11.3 Å². The van der Waals surface area contributed by atoms with Gasteiger partial charge in [0.1, 0.15) is 11.4 Å². The molecule has 3 aromatic rings. The number of amides is 1. The van der Waals surface area contributed by atoms with Crippen LogP contribution in [-0.2, 0) is 10.0 Å². The van der Waals surface area contributed by atoms with E-state index in [4.69, 9.17) is 4.74 Å². The molecule has 0 aliphatic rings. The average Bonchev–Trinajstić information content (AvgIpc) is 2.74. The molecule has 0 saturated carbocycles. The van der Waals surface area contributed by atoms with Crippen LogP contribution in [0.3, 0.4) is 0 Å². The molecule has 31 heavy (non-hydrogen) atoms. The molecule has 0 saturated heterocycles. The van der Waals surface area contributed by atoms with Crippen LogP contribution in [-0.4, -0.2) is 26.4 Å². The number of anilines is 2. The highest BCUT2D eigenvalue weighted by molar-refractivity contribution is 7.92. The Morgan fingerprint density at radius 3 is 2.23 bits per heavy atom. The second kappa shape index (κ2) is 8.84. The third kappa shape index (κ3) is 5.17. The van der Waals surface area contributed by atoms with Crippen molar-refractivity contribution >= 4 is 33.0 Å². The molecule has 1 amide bonds. The number of nitro groups is 1. The molecule has 10 heteroatoms. The van der Waals surface area contributed by atoms with Crippen molar-refractivity contribution < 1.29 is 22.9 Å². The van der Waals surface area contributed by atoms with Gasteiger partial charge in [0.2, 0.25) is 0 Å². The monoisotopic (exact) mass is 441 g/mol. The molecule has 0 bridgehead atoms. The van der Waals surface area contributed by atoms with E-state index < -0.39 is 20.9 Å². The predicted molar refractivity (Wildman–Crippen MR) is 116 cm³/mol. The fourth-order valence-electron chi connectivity index (χ4n) is 2.71. The van der Waals surface area contributed by atoms with Crippen LogP contribution in [0.5, 0.6) is 5.75 Å². The van der Waals surface area contributed by atoms with Gasteiger partial charge in [0.15, 0.2) is 0 Å². The number of rotatable bonds is 7. The number of carbonyl (C=O) groups excluding carboxylic acids is 1. The summed E-state index contributed by atoms with van der Waals surface area (Å²) in [6.07, 6.45) is 0. The van der Waals surface area contributed by atoms with Crippen LogP contribution in [0, 0.1) is 17.0 Å². The highest BCUT2D eigenvalue weighted by atomic mass is 32.2. The van der Waals surface area contributed by atoms with Crippen molar-refractivity contribution in [2.45, 2.75) is 11.8 Å². The Balaban J connectivity index is 1.75. The van der Waals surface area contributed by atoms with E-state index in [1.165, 1.54) is 61.7 Å². The quantitative estimate of drug-likeness (QED) is 0.422. The van der Waals surface area contributed by atoms with Gasteiger partial charge in [0.25, 0.3) is 21.6 Å². The molecule has 2 N–H and O–H groups in total. The number of hydrogen-bond acceptors (Lipinski definition) is 6. The minimum Gasteiger partial charge on any atom is -0.496 e. The Morgan fingerprint density at radius 1 is 1.00 bits per heavy atom. The van der Waals surface area contributed by atoms with Gasteiger partial charge < -0.3 is 10.1 Å². The first kappa shape index (κ1) is 21.8. The van der Waals surface area contributed by atoms with Crippen LogP contribution in [0.25, 0.3) is 0 Å². The Labute approximate surface area is 178 Å². The highest BCUT2D eigenvalue weighted by Crippen LogP contribution is 2.29. The number of aryl methyl sites for hydroxylation is 1. The number of nitrogens with one attached hydrogen (secondary N) is 2. The Hall–Kier alpha value is -3.92. The molecule has 3 rings (SSSR count). The minimum absolute atomic E-state index is 0.0138. The summed E-state index contributed by atoms with van der Waals surface area (Å²) < 4.78 is 32.3. The van der Waals surface area contributed by atoms with Gasteiger partial charge in [-0.05, 0) is 55.5 Å². The van der Waals surface area contributed by atoms with Gasteiger partial charge in [0.05, 0.1) is 23.0 Å². The van der Waals surface area contributed by atoms with Crippen LogP contribution in [0.1, 0.15) is 15.9 Å². The van der Waals surface area contributed by atoms with Crippen LogP contribution in [0.4, 0.5) is 17.1 Å². The lowest BCUT2D eigenvalue weighted by atomic mass is 10.2. The summed E-state index contributed by atoms with van der Waals surface area (Å²) in [6.45, 7) is 1.86. The Bertz CT molecular complexity index is 1220. The molecule has 0 atom stereocenters. The first-order chi connectivity index (χ1) is 14.7. The lowest BCUT2D eigenvalue weighted by Gasteiger charge is -2.10. The van der Waals surface area contributed by atoms with Gasteiger partial charge in [-0.25, -0.2) is 8.42 Å². The standard InChI is InChI=1S/C21H19N3O6S/c1-14-3-10-18(11-4-14)31(28,29)23-16-7-5-15(6-8-16)21(25)22-19-12-9-17(30-2)13-20(19)24(26)27/h3-13,23H,1-2H3,(H,22,25). The number of sulfonamides is 1. The van der Waals surface area contributed by atoms with E-state index in [0.717, 1.165) is 5.56 Å². The topological polar surface area (TPSA) is 128 Å². The van der Waals surface area contributed by atoms with Crippen molar-refractivity contribution in [3.63, 3.8) is 0 Å². The van der Waals surface area contributed by atoms with Crippen molar-refractivity contribution in [3.8, 4) is 5.75 Å². The zero-order valence-electron chi connectivity index (χ0n) is 16.7. The maximum atomic E-state index is 12.5. The molecular weight excluding hydrogens is 422 g/mol. The number of nitro benzene ring substituents is 1. The van der Waals surface area contributed by atoms with E-state index in [9.17, 15) is 23.3 Å². The molecule has 9 nitrogen and oxygen atoms in total. The van der Waals surface area contributed by atoms with E-state index in [-0.39, 0.29) is 33.3 Å². The van der Waals surface area contributed by atoms with Gasteiger partial charge in [-0.3, -0.25) is 19.6 Å². The first-order valence-corrected chi connectivity index (χ1v) is 10.5. The second-order valence-corrected chi connectivity index (χ2v) is 8.27. The normalized spacial score (nSPS) is 10.9. The first-order valence-electron chi connectivity index (χ1n) is 9.03. The third-order valence-electron chi connectivity index (χ3n) is 4.38. The maximum absolute atomic E-state index is 12.5. The van der Waals surface area contributed by atoms with E-state index >= 15 is 0 Å². The Kier molecular flexibility index (Phi) is 6.21. The molecule has 0 heterocycles. The largest absolute Gasteiger partial charge is 0.496 e. The molecule has 0 aliphatic heterocycles. The molecule has 0 spiro atoms. The van der Waals surface area contributed by atoms with Crippen LogP contribution < -0.4 is 14.8 Å². The molecule has 0 fully saturated rings. The van der Waals surface area contributed by atoms with Gasteiger partial charge in [-0.1, -0.05) is 17.7 Å². The summed E-state index contributed by atoms with van der Waals surface area (Å²) in [5.41, 5.74) is 1.11. The number of methoxy groups -OCH3 is 1. The van der Waals surface area contributed by atoms with Gasteiger partial charge in [-0.15, -0.1) is 0 Å². The van der Waals surface area contributed by atoms with E-state index in [0.29, 0.717) is 0 Å². The van der Waals surface area contributed by atoms with Crippen LogP contribution in [0.15, 0.2) is 71.6 Å². The molecule has 160 valence electrons. The summed E-state index contributed by atoms with van der Waals surface area (Å²) in [5, 5.41) is 13.7. The number of ether oxygens (including phenoxy) is 1. The zero-order valence-corrected chi connectivity index (χ0v) is 17.5. The molecule has 0 unspecified atom stereocenters. The van der Waals surface area contributed by atoms with Crippen molar-refractivity contribution in [2.24, 2.45) is 0 Å². The van der Waals surface area contributed by atoms with E-state index in [1.807, 2.05) is 6.92 Å². The van der Waals surface area contributed by atoms with E-state index in [2.05, 4.69) is 10.0 Å². The molecule has 3 aromatic carbocycles. The number of hydrogen-bond donors (Lipinski definition) is 2. The lowest BCUT2D eigenvalue weighted by Crippen LogP contribution is -2.14. The van der Waals surface area contributed by atoms with Gasteiger partial charge in [-0.2, -0.15) is 0 Å². The average molecular weight is 441 g/mol. The SMILES string of the molecule is COc1ccc(NC(=O)c2ccc(NS(=O)(=O)c3ccc(C)cc3)cc2)c([N+](=O)[O-])c1. The maximum Gasteiger partial charge on any atom is 0.296 e. The predicted octanol–water partition coefficient (Wildman–Crippen LogP) is 3.96. The summed E-state index contributed by atoms with van der Waals surface area (Å²) in [7, 11) is -2.39. The van der Waals surface area contributed by atoms with Crippen LogP contribution in [0.2, 0.25) is 0 Å². The molecule has 0 aliphatic carbocycles. The van der Waals surface area contributed by atoms with Crippen LogP contribution >= 0.6 is 0 Å². The molecular formula is C21H19N3O6S. The lowest BCUT2D eigenvalue weighted by molar-refractivity contribution is -0.384. The number of carbonyl (C=O) groups is 1.